The summed E-state index contributed by atoms with van der Waals surface area (Å²) >= 11 is 6.02. The zero-order chi connectivity index (χ0) is 12.3. The summed E-state index contributed by atoms with van der Waals surface area (Å²) in [6.45, 7) is 3.44. The molecule has 2 unspecified atom stereocenters. The first-order valence-corrected chi connectivity index (χ1v) is 6.45. The fourth-order valence-electron chi connectivity index (χ4n) is 2.43. The highest BCUT2D eigenvalue weighted by molar-refractivity contribution is 6.31. The fraction of sp³-hybridized carbons (Fsp3) is 0.615. The Hall–Kier alpha value is -0.670. The Labute approximate surface area is 107 Å². The van der Waals surface area contributed by atoms with E-state index in [0.29, 0.717) is 11.4 Å². The molecule has 0 aliphatic carbocycles. The third kappa shape index (κ3) is 3.17. The minimum Gasteiger partial charge on any atom is -0.316 e. The van der Waals surface area contributed by atoms with Crippen molar-refractivity contribution in [3.05, 3.63) is 29.0 Å². The maximum absolute atomic E-state index is 14.7. The van der Waals surface area contributed by atoms with Gasteiger partial charge in [0.05, 0.1) is 5.02 Å². The van der Waals surface area contributed by atoms with Crippen molar-refractivity contribution in [2.75, 3.05) is 13.1 Å². The summed E-state index contributed by atoms with van der Waals surface area (Å²) in [5.74, 6) is 0.0699. The summed E-state index contributed by atoms with van der Waals surface area (Å²) in [5.41, 5.74) is -0.365. The molecular formula is C13H18ClFN2. The number of aromatic nitrogens is 1. The number of nitrogens with one attached hydrogen (secondary N) is 1. The van der Waals surface area contributed by atoms with Gasteiger partial charge in [-0.15, -0.1) is 0 Å². The van der Waals surface area contributed by atoms with E-state index >= 15 is 0 Å². The number of piperidine rings is 1. The lowest BCUT2D eigenvalue weighted by Crippen LogP contribution is -2.42. The Morgan fingerprint density at radius 2 is 2.47 bits per heavy atom. The second-order valence-corrected chi connectivity index (χ2v) is 5.37. The largest absolute Gasteiger partial charge is 0.316 e. The summed E-state index contributed by atoms with van der Waals surface area (Å²) in [5, 5.41) is 3.81. The second-order valence-electron chi connectivity index (χ2n) is 4.97. The van der Waals surface area contributed by atoms with Crippen molar-refractivity contribution in [1.29, 1.82) is 0 Å². The van der Waals surface area contributed by atoms with Crippen molar-refractivity contribution in [3.8, 4) is 0 Å². The molecule has 1 aromatic heterocycles. The molecule has 94 valence electrons. The molecule has 1 aliphatic heterocycles. The SMILES string of the molecule is CC(F)(Cc1ccncc1Cl)C1CCCNC1. The zero-order valence-corrected chi connectivity index (χ0v) is 10.8. The summed E-state index contributed by atoms with van der Waals surface area (Å²) in [6.07, 6.45) is 5.60. The monoisotopic (exact) mass is 256 g/mol. The maximum Gasteiger partial charge on any atom is 0.116 e. The van der Waals surface area contributed by atoms with Gasteiger partial charge >= 0.3 is 0 Å². The van der Waals surface area contributed by atoms with Gasteiger partial charge in [-0.25, -0.2) is 4.39 Å². The third-order valence-electron chi connectivity index (χ3n) is 3.54. The van der Waals surface area contributed by atoms with Crippen molar-refractivity contribution >= 4 is 11.6 Å². The molecule has 1 fully saturated rings. The summed E-state index contributed by atoms with van der Waals surface area (Å²) in [4.78, 5) is 3.92. The van der Waals surface area contributed by atoms with Crippen molar-refractivity contribution in [2.24, 2.45) is 5.92 Å². The Bertz CT molecular complexity index is 375. The molecule has 0 bridgehead atoms. The van der Waals surface area contributed by atoms with Gasteiger partial charge in [-0.3, -0.25) is 4.98 Å². The van der Waals surface area contributed by atoms with Gasteiger partial charge in [0.25, 0.3) is 0 Å². The maximum atomic E-state index is 14.7. The predicted octanol–water partition coefficient (Wildman–Crippen LogP) is 3.01. The molecular weight excluding hydrogens is 239 g/mol. The van der Waals surface area contributed by atoms with E-state index in [4.69, 9.17) is 11.6 Å². The lowest BCUT2D eigenvalue weighted by atomic mass is 9.81. The summed E-state index contributed by atoms with van der Waals surface area (Å²) in [6, 6.07) is 1.80. The molecule has 0 spiro atoms. The molecule has 2 atom stereocenters. The Morgan fingerprint density at radius 1 is 1.65 bits per heavy atom. The topological polar surface area (TPSA) is 24.9 Å². The normalized spacial score (nSPS) is 24.3. The average Bonchev–Trinajstić information content (AvgIpc) is 2.33. The van der Waals surface area contributed by atoms with E-state index < -0.39 is 5.67 Å². The first-order chi connectivity index (χ1) is 8.09. The Balaban J connectivity index is 2.08. The zero-order valence-electron chi connectivity index (χ0n) is 10.0. The van der Waals surface area contributed by atoms with Crippen LogP contribution in [0.25, 0.3) is 0 Å². The number of alkyl halides is 1. The van der Waals surface area contributed by atoms with Crippen molar-refractivity contribution in [1.82, 2.24) is 10.3 Å². The van der Waals surface area contributed by atoms with E-state index in [1.165, 1.54) is 0 Å². The van der Waals surface area contributed by atoms with Gasteiger partial charge in [-0.05, 0) is 37.9 Å². The van der Waals surface area contributed by atoms with Crippen LogP contribution in [0.3, 0.4) is 0 Å². The molecule has 4 heteroatoms. The van der Waals surface area contributed by atoms with Gasteiger partial charge < -0.3 is 5.32 Å². The molecule has 0 aromatic carbocycles. The van der Waals surface area contributed by atoms with Gasteiger partial charge in [-0.1, -0.05) is 11.6 Å². The summed E-state index contributed by atoms with van der Waals surface area (Å²) < 4.78 is 14.7. The lowest BCUT2D eigenvalue weighted by Gasteiger charge is -2.34. The van der Waals surface area contributed by atoms with Crippen molar-refractivity contribution in [3.63, 3.8) is 0 Å². The molecule has 0 saturated carbocycles. The molecule has 2 nitrogen and oxygen atoms in total. The lowest BCUT2D eigenvalue weighted by molar-refractivity contribution is 0.0833. The fourth-order valence-corrected chi connectivity index (χ4v) is 2.62. The van der Waals surface area contributed by atoms with E-state index in [9.17, 15) is 4.39 Å². The number of nitrogens with zero attached hydrogens (tertiary/aromatic N) is 1. The van der Waals surface area contributed by atoms with E-state index in [2.05, 4.69) is 10.3 Å². The van der Waals surface area contributed by atoms with Gasteiger partial charge in [-0.2, -0.15) is 0 Å². The molecule has 0 radical (unpaired) electrons. The van der Waals surface area contributed by atoms with Crippen LogP contribution in [0.5, 0.6) is 0 Å². The number of halogens is 2. The quantitative estimate of drug-likeness (QED) is 0.899. The van der Waals surface area contributed by atoms with Crippen LogP contribution in [-0.4, -0.2) is 23.7 Å². The molecule has 1 aromatic rings. The minimum absolute atomic E-state index is 0.0699. The van der Waals surface area contributed by atoms with E-state index in [-0.39, 0.29) is 5.92 Å². The van der Waals surface area contributed by atoms with Crippen LogP contribution in [-0.2, 0) is 6.42 Å². The molecule has 17 heavy (non-hydrogen) atoms. The Morgan fingerprint density at radius 3 is 3.12 bits per heavy atom. The first-order valence-electron chi connectivity index (χ1n) is 6.07. The third-order valence-corrected chi connectivity index (χ3v) is 3.88. The minimum atomic E-state index is -1.21. The van der Waals surface area contributed by atoms with Crippen molar-refractivity contribution in [2.45, 2.75) is 31.9 Å². The van der Waals surface area contributed by atoms with Gasteiger partial charge in [0, 0.05) is 31.3 Å². The van der Waals surface area contributed by atoms with E-state index in [1.54, 1.807) is 25.4 Å². The molecule has 1 N–H and O–H groups in total. The van der Waals surface area contributed by atoms with Gasteiger partial charge in [0.2, 0.25) is 0 Å². The highest BCUT2D eigenvalue weighted by Crippen LogP contribution is 2.32. The first kappa shape index (κ1) is 12.8. The molecule has 0 amide bonds. The number of rotatable bonds is 3. The smallest absolute Gasteiger partial charge is 0.116 e. The van der Waals surface area contributed by atoms with Gasteiger partial charge in [0.1, 0.15) is 5.67 Å². The predicted molar refractivity (Wildman–Crippen MR) is 68.1 cm³/mol. The second kappa shape index (κ2) is 5.32. The van der Waals surface area contributed by atoms with Crippen LogP contribution in [0.4, 0.5) is 4.39 Å². The number of pyridine rings is 1. The molecule has 2 heterocycles. The van der Waals surface area contributed by atoms with Crippen LogP contribution in [0.15, 0.2) is 18.5 Å². The number of hydrogen-bond acceptors (Lipinski definition) is 2. The number of hydrogen-bond donors (Lipinski definition) is 1. The summed E-state index contributed by atoms with van der Waals surface area (Å²) in [7, 11) is 0. The van der Waals surface area contributed by atoms with E-state index in [1.807, 2.05) is 0 Å². The average molecular weight is 257 g/mol. The molecule has 1 aliphatic rings. The van der Waals surface area contributed by atoms with Crippen LogP contribution >= 0.6 is 11.6 Å². The van der Waals surface area contributed by atoms with Crippen LogP contribution in [0, 0.1) is 5.92 Å². The highest BCUT2D eigenvalue weighted by Gasteiger charge is 2.35. The molecule has 2 rings (SSSR count). The van der Waals surface area contributed by atoms with E-state index in [0.717, 1.165) is 31.5 Å². The molecule has 1 saturated heterocycles. The van der Waals surface area contributed by atoms with Crippen LogP contribution < -0.4 is 5.32 Å². The van der Waals surface area contributed by atoms with Crippen molar-refractivity contribution < 1.29 is 4.39 Å². The van der Waals surface area contributed by atoms with Crippen LogP contribution in [0.1, 0.15) is 25.3 Å². The Kier molecular flexibility index (Phi) is 4.00. The highest BCUT2D eigenvalue weighted by atomic mass is 35.5. The van der Waals surface area contributed by atoms with Gasteiger partial charge in [0.15, 0.2) is 0 Å². The van der Waals surface area contributed by atoms with Crippen LogP contribution in [0.2, 0.25) is 5.02 Å². The standard InChI is InChI=1S/C13H18ClFN2/c1-13(15,11-3-2-5-16-8-11)7-10-4-6-17-9-12(10)14/h4,6,9,11,16H,2-3,5,7-8H2,1H3.